The number of hydrogen-bond acceptors (Lipinski definition) is 5. The van der Waals surface area contributed by atoms with Crippen LogP contribution in [0.3, 0.4) is 0 Å². The zero-order valence-corrected chi connectivity index (χ0v) is 10.7. The maximum Gasteiger partial charge on any atom is 0.235 e. The highest BCUT2D eigenvalue weighted by atomic mass is 16.5. The summed E-state index contributed by atoms with van der Waals surface area (Å²) >= 11 is 0. The summed E-state index contributed by atoms with van der Waals surface area (Å²) in [6.45, 7) is 1.96. The third kappa shape index (κ3) is 1.93. The van der Waals surface area contributed by atoms with E-state index in [4.69, 9.17) is 9.15 Å². The lowest BCUT2D eigenvalue weighted by molar-refractivity contribution is 0.101. The van der Waals surface area contributed by atoms with Gasteiger partial charge in [0.1, 0.15) is 34.3 Å². The van der Waals surface area contributed by atoms with Crippen LogP contribution in [0.2, 0.25) is 0 Å². The van der Waals surface area contributed by atoms with Crippen molar-refractivity contribution in [1.82, 2.24) is 0 Å². The number of carbonyl (C=O) groups excluding carboxylic acids is 1. The number of benzene rings is 1. The summed E-state index contributed by atoms with van der Waals surface area (Å²) in [5.74, 6) is 0.594. The third-order valence-electron chi connectivity index (χ3n) is 3.04. The average Bonchev–Trinajstić information content (AvgIpc) is 2.95. The Labute approximate surface area is 114 Å². The molecule has 5 nitrogen and oxygen atoms in total. The molecule has 0 aliphatic carbocycles. The van der Waals surface area contributed by atoms with Gasteiger partial charge in [-0.05, 0) is 12.1 Å². The standard InChI is InChI=1S/C15H12O5/c1-2-9-3-4-10(19-9)7-13-15(18)14-11(17)5-8(16)6-12(14)20-13/h3-7,16-17H,2H2,1H3/b13-7-. The Morgan fingerprint density at radius 2 is 2.05 bits per heavy atom. The molecular formula is C15H12O5. The Morgan fingerprint density at radius 1 is 1.25 bits per heavy atom. The van der Waals surface area contributed by atoms with Crippen LogP contribution in [0, 0.1) is 0 Å². The second kappa shape index (κ2) is 4.45. The molecule has 20 heavy (non-hydrogen) atoms. The molecule has 0 saturated carbocycles. The minimum absolute atomic E-state index is 0.0521. The SMILES string of the molecule is CCc1ccc(/C=C2\Oc3cc(O)cc(O)c3C2=O)o1. The number of carbonyl (C=O) groups is 1. The quantitative estimate of drug-likeness (QED) is 0.822. The van der Waals surface area contributed by atoms with Crippen LogP contribution < -0.4 is 4.74 Å². The molecule has 0 saturated heterocycles. The number of Topliss-reactive ketones (excluding diaryl/α,β-unsaturated/α-hetero) is 1. The molecular weight excluding hydrogens is 260 g/mol. The predicted octanol–water partition coefficient (Wildman–Crippen LogP) is 2.87. The van der Waals surface area contributed by atoms with Gasteiger partial charge in [0.2, 0.25) is 5.78 Å². The molecule has 5 heteroatoms. The molecule has 1 aliphatic heterocycles. The summed E-state index contributed by atoms with van der Waals surface area (Å²) in [7, 11) is 0. The van der Waals surface area contributed by atoms with E-state index < -0.39 is 5.78 Å². The van der Waals surface area contributed by atoms with Crippen LogP contribution in [-0.4, -0.2) is 16.0 Å². The summed E-state index contributed by atoms with van der Waals surface area (Å²) in [5.41, 5.74) is 0.0521. The zero-order valence-electron chi connectivity index (χ0n) is 10.7. The van der Waals surface area contributed by atoms with Gasteiger partial charge in [-0.15, -0.1) is 0 Å². The van der Waals surface area contributed by atoms with Crippen LogP contribution in [0.1, 0.15) is 28.8 Å². The number of aromatic hydroxyl groups is 2. The van der Waals surface area contributed by atoms with Gasteiger partial charge in [0.15, 0.2) is 5.76 Å². The van der Waals surface area contributed by atoms with E-state index in [1.807, 2.05) is 13.0 Å². The Kier molecular flexibility index (Phi) is 2.75. The number of hydrogen-bond donors (Lipinski definition) is 2. The van der Waals surface area contributed by atoms with E-state index in [2.05, 4.69) is 0 Å². The van der Waals surface area contributed by atoms with Gasteiger partial charge < -0.3 is 19.4 Å². The molecule has 1 aromatic carbocycles. The van der Waals surface area contributed by atoms with E-state index in [-0.39, 0.29) is 28.6 Å². The number of aryl methyl sites for hydroxylation is 1. The van der Waals surface area contributed by atoms with Crippen LogP contribution in [-0.2, 0) is 6.42 Å². The largest absolute Gasteiger partial charge is 0.508 e. The van der Waals surface area contributed by atoms with Crippen LogP contribution in [0.4, 0.5) is 0 Å². The minimum Gasteiger partial charge on any atom is -0.508 e. The van der Waals surface area contributed by atoms with Gasteiger partial charge in [0, 0.05) is 24.6 Å². The molecule has 2 aromatic rings. The summed E-state index contributed by atoms with van der Waals surface area (Å²) in [4.78, 5) is 12.1. The van der Waals surface area contributed by atoms with Gasteiger partial charge in [-0.3, -0.25) is 4.79 Å². The highest BCUT2D eigenvalue weighted by Crippen LogP contribution is 2.40. The topological polar surface area (TPSA) is 79.9 Å². The molecule has 0 radical (unpaired) electrons. The van der Waals surface area contributed by atoms with Crippen molar-refractivity contribution in [3.05, 3.63) is 47.1 Å². The van der Waals surface area contributed by atoms with Gasteiger partial charge in [-0.1, -0.05) is 6.92 Å². The Bertz CT molecular complexity index is 724. The van der Waals surface area contributed by atoms with E-state index in [0.29, 0.717) is 5.76 Å². The van der Waals surface area contributed by atoms with Gasteiger partial charge in [-0.25, -0.2) is 0 Å². The van der Waals surface area contributed by atoms with Crippen LogP contribution >= 0.6 is 0 Å². The first-order valence-electron chi connectivity index (χ1n) is 6.17. The van der Waals surface area contributed by atoms with E-state index >= 15 is 0 Å². The van der Waals surface area contributed by atoms with E-state index in [1.54, 1.807) is 6.07 Å². The highest BCUT2D eigenvalue weighted by Gasteiger charge is 2.31. The number of ether oxygens (including phenoxy) is 1. The second-order valence-corrected chi connectivity index (χ2v) is 4.44. The van der Waals surface area contributed by atoms with Gasteiger partial charge in [-0.2, -0.15) is 0 Å². The molecule has 0 spiro atoms. The van der Waals surface area contributed by atoms with Crippen molar-refractivity contribution in [3.63, 3.8) is 0 Å². The number of furan rings is 1. The second-order valence-electron chi connectivity index (χ2n) is 4.44. The highest BCUT2D eigenvalue weighted by molar-refractivity contribution is 6.16. The maximum absolute atomic E-state index is 12.1. The fraction of sp³-hybridized carbons (Fsp3) is 0.133. The van der Waals surface area contributed by atoms with E-state index in [0.717, 1.165) is 18.2 Å². The molecule has 0 atom stereocenters. The summed E-state index contributed by atoms with van der Waals surface area (Å²) in [6.07, 6.45) is 2.23. The van der Waals surface area contributed by atoms with Gasteiger partial charge in [0.05, 0.1) is 0 Å². The number of phenols is 2. The zero-order chi connectivity index (χ0) is 14.3. The lowest BCUT2D eigenvalue weighted by Gasteiger charge is -1.99. The Hall–Kier alpha value is -2.69. The number of allylic oxidation sites excluding steroid dienone is 1. The normalized spacial score (nSPS) is 15.4. The molecule has 102 valence electrons. The minimum atomic E-state index is -0.438. The first-order valence-corrected chi connectivity index (χ1v) is 6.17. The molecule has 0 fully saturated rings. The molecule has 1 aliphatic rings. The molecule has 3 rings (SSSR count). The monoisotopic (exact) mass is 272 g/mol. The molecule has 2 heterocycles. The first-order chi connectivity index (χ1) is 9.58. The van der Waals surface area contributed by atoms with Crippen molar-refractivity contribution in [3.8, 4) is 17.2 Å². The Balaban J connectivity index is 1.99. The predicted molar refractivity (Wildman–Crippen MR) is 70.8 cm³/mol. The van der Waals surface area contributed by atoms with Crippen molar-refractivity contribution in [2.24, 2.45) is 0 Å². The van der Waals surface area contributed by atoms with Crippen LogP contribution in [0.15, 0.2) is 34.4 Å². The molecule has 1 aromatic heterocycles. The Morgan fingerprint density at radius 3 is 2.75 bits per heavy atom. The smallest absolute Gasteiger partial charge is 0.235 e. The summed E-state index contributed by atoms with van der Waals surface area (Å²) in [6, 6.07) is 5.95. The van der Waals surface area contributed by atoms with E-state index in [9.17, 15) is 15.0 Å². The third-order valence-corrected chi connectivity index (χ3v) is 3.04. The van der Waals surface area contributed by atoms with Crippen molar-refractivity contribution in [1.29, 1.82) is 0 Å². The maximum atomic E-state index is 12.1. The molecule has 0 bridgehead atoms. The lowest BCUT2D eigenvalue weighted by atomic mass is 10.1. The summed E-state index contributed by atoms with van der Waals surface area (Å²) < 4.78 is 10.8. The van der Waals surface area contributed by atoms with E-state index in [1.165, 1.54) is 12.1 Å². The number of fused-ring (bicyclic) bond motifs is 1. The number of phenolic OH excluding ortho intramolecular Hbond substituents is 2. The lowest BCUT2D eigenvalue weighted by Crippen LogP contribution is -1.98. The number of ketones is 1. The van der Waals surface area contributed by atoms with Crippen LogP contribution in [0.25, 0.3) is 6.08 Å². The molecule has 0 amide bonds. The average molecular weight is 272 g/mol. The van der Waals surface area contributed by atoms with Gasteiger partial charge >= 0.3 is 0 Å². The van der Waals surface area contributed by atoms with Crippen molar-refractivity contribution >= 4 is 11.9 Å². The fourth-order valence-electron chi connectivity index (χ4n) is 2.07. The van der Waals surface area contributed by atoms with Crippen molar-refractivity contribution in [2.45, 2.75) is 13.3 Å². The molecule has 0 unspecified atom stereocenters. The number of rotatable bonds is 2. The van der Waals surface area contributed by atoms with Gasteiger partial charge in [0.25, 0.3) is 0 Å². The van der Waals surface area contributed by atoms with Crippen molar-refractivity contribution < 1.29 is 24.2 Å². The molecule has 2 N–H and O–H groups in total. The fourth-order valence-corrected chi connectivity index (χ4v) is 2.07. The first kappa shape index (κ1) is 12.3. The van der Waals surface area contributed by atoms with Crippen molar-refractivity contribution in [2.75, 3.05) is 0 Å². The van der Waals surface area contributed by atoms with Crippen LogP contribution in [0.5, 0.6) is 17.2 Å². The summed E-state index contributed by atoms with van der Waals surface area (Å²) in [5, 5.41) is 19.1.